The fourth-order valence-electron chi connectivity index (χ4n) is 0.999. The Bertz CT molecular complexity index is 438. The average Bonchev–Trinajstić information content (AvgIpc) is 2.16. The number of nitrogen functional groups attached to an aromatic ring is 1. The summed E-state index contributed by atoms with van der Waals surface area (Å²) in [6.45, 7) is 0. The number of hydrogen-bond acceptors (Lipinski definition) is 4. The number of carboxylic acid groups (broad SMARTS) is 2. The van der Waals surface area contributed by atoms with Crippen molar-refractivity contribution in [2.45, 2.75) is 0 Å². The maximum absolute atomic E-state index is 10.5. The normalized spacial score (nSPS) is 9.25. The molecule has 0 atom stereocenters. The van der Waals surface area contributed by atoms with Crippen molar-refractivity contribution in [1.82, 2.24) is 0 Å². The lowest BCUT2D eigenvalue weighted by molar-refractivity contribution is -0.140. The third kappa shape index (κ3) is 3.02. The largest absolute Gasteiger partial charge is 0.477 e. The Morgan fingerprint density at radius 2 is 1.88 bits per heavy atom. The van der Waals surface area contributed by atoms with Gasteiger partial charge >= 0.3 is 11.9 Å². The summed E-state index contributed by atoms with van der Waals surface area (Å²) in [5.74, 6) is -3.02. The zero-order chi connectivity index (χ0) is 12.1. The van der Waals surface area contributed by atoms with E-state index in [1.165, 1.54) is 0 Å². The fraction of sp³-hybridized carbons (Fsp3) is 0. The highest BCUT2D eigenvalue weighted by Crippen LogP contribution is 2.12. The summed E-state index contributed by atoms with van der Waals surface area (Å²) in [6, 6.07) is 6.50. The summed E-state index contributed by atoms with van der Waals surface area (Å²) >= 11 is 0. The second-order valence-electron chi connectivity index (χ2n) is 2.94. The average molecular weight is 222 g/mol. The number of nitrogens with two attached hydrogens (primary N) is 1. The molecule has 0 aliphatic heterocycles. The molecule has 0 aliphatic rings. The molecule has 1 aromatic carbocycles. The highest BCUT2D eigenvalue weighted by atomic mass is 16.4. The molecule has 0 saturated carbocycles. The molecule has 0 aromatic heterocycles. The lowest BCUT2D eigenvalue weighted by Gasteiger charge is -2.02. The molecule has 0 bridgehead atoms. The third-order valence-corrected chi connectivity index (χ3v) is 1.73. The van der Waals surface area contributed by atoms with Gasteiger partial charge in [0.25, 0.3) is 0 Å². The third-order valence-electron chi connectivity index (χ3n) is 1.73. The van der Waals surface area contributed by atoms with Crippen molar-refractivity contribution in [3.8, 4) is 0 Å². The molecule has 0 radical (unpaired) electrons. The van der Waals surface area contributed by atoms with E-state index in [9.17, 15) is 9.59 Å². The molecule has 0 amide bonds. The van der Waals surface area contributed by atoms with Gasteiger partial charge in [-0.25, -0.2) is 9.59 Å². The first-order valence-corrected chi connectivity index (χ1v) is 4.29. The Morgan fingerprint density at radius 1 is 1.25 bits per heavy atom. The highest BCUT2D eigenvalue weighted by molar-refractivity contribution is 6.12. The first kappa shape index (κ1) is 11.6. The van der Waals surface area contributed by atoms with Crippen LogP contribution in [0.1, 0.15) is 0 Å². The van der Waals surface area contributed by atoms with Crippen molar-refractivity contribution in [3.63, 3.8) is 0 Å². The van der Waals surface area contributed by atoms with Gasteiger partial charge < -0.3 is 21.3 Å². The minimum Gasteiger partial charge on any atom is -0.477 e. The van der Waals surface area contributed by atoms with Crippen LogP contribution in [0, 0.1) is 0 Å². The number of rotatable bonds is 4. The van der Waals surface area contributed by atoms with Gasteiger partial charge in [-0.15, -0.1) is 0 Å². The van der Waals surface area contributed by atoms with Gasteiger partial charge in [0, 0.05) is 17.6 Å². The lowest BCUT2D eigenvalue weighted by atomic mass is 10.2. The van der Waals surface area contributed by atoms with Crippen molar-refractivity contribution in [2.24, 2.45) is 0 Å². The van der Waals surface area contributed by atoms with Crippen LogP contribution in [0.25, 0.3) is 0 Å². The maximum atomic E-state index is 10.5. The minimum absolute atomic E-state index is 0.491. The van der Waals surface area contributed by atoms with Crippen LogP contribution in [0.4, 0.5) is 11.4 Å². The zero-order valence-corrected chi connectivity index (χ0v) is 8.18. The number of anilines is 2. The molecule has 1 aromatic rings. The molecule has 1 rings (SSSR count). The highest BCUT2D eigenvalue weighted by Gasteiger charge is 2.15. The number of carboxylic acids is 2. The molecule has 5 N–H and O–H groups in total. The molecule has 0 aliphatic carbocycles. The van der Waals surface area contributed by atoms with Crippen LogP contribution < -0.4 is 11.1 Å². The topological polar surface area (TPSA) is 113 Å². The van der Waals surface area contributed by atoms with Gasteiger partial charge in [0.05, 0.1) is 0 Å². The van der Waals surface area contributed by atoms with Gasteiger partial charge in [0.2, 0.25) is 0 Å². The van der Waals surface area contributed by atoms with Gasteiger partial charge in [-0.3, -0.25) is 0 Å². The molecule has 6 nitrogen and oxygen atoms in total. The summed E-state index contributed by atoms with van der Waals surface area (Å²) in [5.41, 5.74) is 5.75. The van der Waals surface area contributed by atoms with Crippen LogP contribution in [0.15, 0.2) is 36.0 Å². The van der Waals surface area contributed by atoms with Crippen LogP contribution >= 0.6 is 0 Å². The molecule has 0 fully saturated rings. The van der Waals surface area contributed by atoms with Crippen molar-refractivity contribution < 1.29 is 19.8 Å². The Balaban J connectivity index is 2.85. The number of nitrogens with one attached hydrogen (secondary N) is 1. The molecule has 0 saturated heterocycles. The van der Waals surface area contributed by atoms with Crippen LogP contribution in [-0.4, -0.2) is 22.2 Å². The van der Waals surface area contributed by atoms with Gasteiger partial charge in [-0.05, 0) is 18.2 Å². The predicted molar refractivity (Wildman–Crippen MR) is 57.8 cm³/mol. The Morgan fingerprint density at radius 3 is 2.38 bits per heavy atom. The molecular weight excluding hydrogens is 212 g/mol. The number of benzene rings is 1. The first-order valence-electron chi connectivity index (χ1n) is 4.29. The van der Waals surface area contributed by atoms with Crippen molar-refractivity contribution >= 4 is 23.3 Å². The first-order chi connectivity index (χ1) is 7.50. The monoisotopic (exact) mass is 222 g/mol. The molecular formula is C10H10N2O4. The van der Waals surface area contributed by atoms with Crippen LogP contribution in [0.5, 0.6) is 0 Å². The molecule has 0 unspecified atom stereocenters. The standard InChI is InChI=1S/C10H10N2O4/c11-6-2-1-3-7(4-6)12-5-8(9(13)14)10(15)16/h1-5,12H,11H2,(H,13,14)(H,15,16). The van der Waals surface area contributed by atoms with Crippen molar-refractivity contribution in [3.05, 3.63) is 36.0 Å². The second-order valence-corrected chi connectivity index (χ2v) is 2.94. The summed E-state index contributed by atoms with van der Waals surface area (Å²) in [5, 5.41) is 19.7. The second kappa shape index (κ2) is 4.83. The van der Waals surface area contributed by atoms with Gasteiger partial charge in [0.15, 0.2) is 5.57 Å². The van der Waals surface area contributed by atoms with E-state index in [1.807, 2.05) is 0 Å². The van der Waals surface area contributed by atoms with E-state index < -0.39 is 17.5 Å². The molecule has 6 heteroatoms. The fourth-order valence-corrected chi connectivity index (χ4v) is 0.999. The van der Waals surface area contributed by atoms with Crippen molar-refractivity contribution in [2.75, 3.05) is 11.1 Å². The Hall–Kier alpha value is -2.50. The summed E-state index contributed by atoms with van der Waals surface area (Å²) < 4.78 is 0. The number of aliphatic carboxylic acids is 2. The Kier molecular flexibility index (Phi) is 3.49. The maximum Gasteiger partial charge on any atom is 0.344 e. The van der Waals surface area contributed by atoms with Crippen LogP contribution in [0.2, 0.25) is 0 Å². The SMILES string of the molecule is Nc1cccc(NC=C(C(=O)O)C(=O)O)c1. The van der Waals surface area contributed by atoms with Crippen LogP contribution in [-0.2, 0) is 9.59 Å². The smallest absolute Gasteiger partial charge is 0.344 e. The van der Waals surface area contributed by atoms with Gasteiger partial charge in [0.1, 0.15) is 0 Å². The Labute approximate surface area is 91.0 Å². The number of hydrogen-bond donors (Lipinski definition) is 4. The van der Waals surface area contributed by atoms with E-state index >= 15 is 0 Å². The van der Waals surface area contributed by atoms with E-state index in [-0.39, 0.29) is 0 Å². The summed E-state index contributed by atoms with van der Waals surface area (Å²) in [7, 11) is 0. The van der Waals surface area contributed by atoms with E-state index in [1.54, 1.807) is 24.3 Å². The van der Waals surface area contributed by atoms with Crippen molar-refractivity contribution in [1.29, 1.82) is 0 Å². The summed E-state index contributed by atoms with van der Waals surface area (Å²) in [4.78, 5) is 21.0. The molecule has 16 heavy (non-hydrogen) atoms. The molecule has 0 heterocycles. The van der Waals surface area contributed by atoms with E-state index in [0.717, 1.165) is 6.20 Å². The minimum atomic E-state index is -1.51. The predicted octanol–water partition coefficient (Wildman–Crippen LogP) is 0.734. The number of carbonyl (C=O) groups is 2. The lowest BCUT2D eigenvalue weighted by Crippen LogP contribution is -2.12. The van der Waals surface area contributed by atoms with E-state index in [2.05, 4.69) is 5.32 Å². The van der Waals surface area contributed by atoms with Crippen LogP contribution in [0.3, 0.4) is 0 Å². The zero-order valence-electron chi connectivity index (χ0n) is 8.18. The quantitative estimate of drug-likeness (QED) is 0.258. The van der Waals surface area contributed by atoms with E-state index in [4.69, 9.17) is 15.9 Å². The summed E-state index contributed by atoms with van der Waals surface area (Å²) in [6.07, 6.45) is 0.902. The van der Waals surface area contributed by atoms with Gasteiger partial charge in [-0.1, -0.05) is 6.07 Å². The molecule has 84 valence electrons. The van der Waals surface area contributed by atoms with Gasteiger partial charge in [-0.2, -0.15) is 0 Å². The van der Waals surface area contributed by atoms with E-state index in [0.29, 0.717) is 11.4 Å². The molecule has 0 spiro atoms.